The molecule has 0 bridgehead atoms. The summed E-state index contributed by atoms with van der Waals surface area (Å²) in [4.78, 5) is 12.3. The van der Waals surface area contributed by atoms with Gasteiger partial charge in [0.25, 0.3) is 0 Å². The quantitative estimate of drug-likeness (QED) is 0.311. The van der Waals surface area contributed by atoms with Crippen molar-refractivity contribution in [3.8, 4) is 0 Å². The fourth-order valence-corrected chi connectivity index (χ4v) is 0.655. The van der Waals surface area contributed by atoms with Crippen molar-refractivity contribution in [1.29, 1.82) is 0 Å². The smallest absolute Gasteiger partial charge is 0.273 e. The van der Waals surface area contributed by atoms with E-state index in [1.54, 1.807) is 0 Å². The van der Waals surface area contributed by atoms with Crippen molar-refractivity contribution < 1.29 is 0 Å². The van der Waals surface area contributed by atoms with Gasteiger partial charge in [-0.1, -0.05) is 0 Å². The van der Waals surface area contributed by atoms with Crippen LogP contribution in [0.5, 0.6) is 0 Å². The summed E-state index contributed by atoms with van der Waals surface area (Å²) < 4.78 is 0. The van der Waals surface area contributed by atoms with Gasteiger partial charge in [-0.15, -0.1) is 0 Å². The maximum absolute atomic E-state index is 9.66. The Labute approximate surface area is 47.6 Å². The predicted octanol–water partition coefficient (Wildman–Crippen LogP) is -0.0227. The Hall–Kier alpha value is -0.820. The molecule has 0 heterocycles. The van der Waals surface area contributed by atoms with E-state index < -0.39 is 0 Å². The Bertz CT molecular complexity index is 133. The van der Waals surface area contributed by atoms with Gasteiger partial charge in [0, 0.05) is 4.91 Å². The van der Waals surface area contributed by atoms with E-state index in [0.29, 0.717) is 12.3 Å². The van der Waals surface area contributed by atoms with Crippen LogP contribution in [0, 0.1) is 10.8 Å². The summed E-state index contributed by atoms with van der Waals surface area (Å²) in [7, 11) is 0. The Morgan fingerprint density at radius 2 is 2.38 bits per heavy atom. The zero-order valence-electron chi connectivity index (χ0n) is 4.63. The highest BCUT2D eigenvalue weighted by molar-refractivity contribution is 5.79. The molecule has 0 unspecified atom stereocenters. The Balaban J connectivity index is 2.26. The number of rotatable bonds is 2. The first-order valence-corrected chi connectivity index (χ1v) is 2.77. The molecule has 3 nitrogen and oxygen atoms in total. The molecule has 1 aliphatic carbocycles. The normalized spacial score (nSPS) is 17.5. The van der Waals surface area contributed by atoms with Crippen LogP contribution in [0.4, 0.5) is 0 Å². The number of hydrogen-bond acceptors (Lipinski definition) is 1. The molecule has 0 saturated heterocycles. The fourth-order valence-electron chi connectivity index (χ4n) is 0.655. The summed E-state index contributed by atoms with van der Waals surface area (Å²) in [6.45, 7) is 0. The van der Waals surface area contributed by atoms with Crippen LogP contribution in [0.3, 0.4) is 0 Å². The lowest BCUT2D eigenvalue weighted by molar-refractivity contribution is 0.886. The summed E-state index contributed by atoms with van der Waals surface area (Å²) in [5.41, 5.74) is 5.15. The number of nitrogens with zero attached hydrogens (tertiary/aromatic N) is 1. The van der Waals surface area contributed by atoms with Gasteiger partial charge in [-0.25, -0.2) is 0 Å². The Kier molecular flexibility index (Phi) is 1.31. The maximum atomic E-state index is 9.66. The van der Waals surface area contributed by atoms with E-state index in [2.05, 4.69) is 4.85 Å². The topological polar surface area (TPSA) is 57.2 Å². The van der Waals surface area contributed by atoms with E-state index in [1.165, 1.54) is 12.8 Å². The Morgan fingerprint density at radius 3 is 2.75 bits per heavy atom. The van der Waals surface area contributed by atoms with Gasteiger partial charge in [0.05, 0.1) is 11.3 Å². The zero-order chi connectivity index (χ0) is 5.98. The molecule has 1 fully saturated rings. The van der Waals surface area contributed by atoms with Gasteiger partial charge < -0.3 is 0 Å². The van der Waals surface area contributed by atoms with Crippen molar-refractivity contribution in [3.05, 3.63) is 4.91 Å². The minimum atomic E-state index is 0.257. The van der Waals surface area contributed by atoms with Crippen LogP contribution < -0.4 is 10.6 Å². The van der Waals surface area contributed by atoms with E-state index in [-0.39, 0.29) is 5.84 Å². The van der Waals surface area contributed by atoms with Crippen molar-refractivity contribution in [1.82, 2.24) is 4.85 Å². The number of nitroso groups, excluding NO2 is 1. The molecule has 0 radical (unpaired) electrons. The predicted molar refractivity (Wildman–Crippen MR) is 32.0 cm³/mol. The molecular weight excluding hydrogens is 104 g/mol. The van der Waals surface area contributed by atoms with E-state index in [4.69, 9.17) is 5.73 Å². The lowest BCUT2D eigenvalue weighted by Gasteiger charge is -1.77. The van der Waals surface area contributed by atoms with Crippen LogP contribution in [0.15, 0.2) is 0 Å². The lowest BCUT2D eigenvalue weighted by atomic mass is 10.3. The van der Waals surface area contributed by atoms with Gasteiger partial charge in [0.15, 0.2) is 0 Å². The third-order valence-electron chi connectivity index (χ3n) is 1.31. The molecule has 2 N–H and O–H groups in total. The minimum absolute atomic E-state index is 0.257. The summed E-state index contributed by atoms with van der Waals surface area (Å²) in [5.74, 6) is 0.931. The Morgan fingerprint density at radius 1 is 1.75 bits per heavy atom. The average Bonchev–Trinajstić information content (AvgIpc) is 2.50. The largest absolute Gasteiger partial charge is 0.399 e. The van der Waals surface area contributed by atoms with Gasteiger partial charge in [0.2, 0.25) is 0 Å². The van der Waals surface area contributed by atoms with Crippen LogP contribution in [0.2, 0.25) is 0 Å². The molecule has 0 atom stereocenters. The minimum Gasteiger partial charge on any atom is -0.273 e. The van der Waals surface area contributed by atoms with E-state index in [9.17, 15) is 4.91 Å². The number of hydrogen-bond donors (Lipinski definition) is 1. The summed E-state index contributed by atoms with van der Waals surface area (Å²) in [6.07, 6.45) is 3.15. The molecule has 0 aliphatic heterocycles. The highest BCUT2D eigenvalue weighted by Gasteiger charge is 2.25. The molecule has 0 amide bonds. The molecular formula is C5H9N2O+. The number of amidine groups is 1. The van der Waals surface area contributed by atoms with Gasteiger partial charge in [0.1, 0.15) is 0 Å². The van der Waals surface area contributed by atoms with E-state index in [0.717, 1.165) is 0 Å². The van der Waals surface area contributed by atoms with Crippen LogP contribution >= 0.6 is 0 Å². The zero-order valence-corrected chi connectivity index (χ0v) is 4.63. The molecule has 0 aromatic carbocycles. The fraction of sp³-hybridized carbons (Fsp3) is 0.800. The first-order valence-electron chi connectivity index (χ1n) is 2.77. The second-order valence-electron chi connectivity index (χ2n) is 2.23. The first kappa shape index (κ1) is 5.32. The number of nitrogens with two attached hydrogens (primary N) is 1. The van der Waals surface area contributed by atoms with E-state index in [1.807, 2.05) is 0 Å². The molecule has 0 spiro atoms. The summed E-state index contributed by atoms with van der Waals surface area (Å²) >= 11 is 0. The van der Waals surface area contributed by atoms with Crippen molar-refractivity contribution in [2.45, 2.75) is 19.3 Å². The highest BCUT2D eigenvalue weighted by atomic mass is 16.2. The highest BCUT2D eigenvalue weighted by Crippen LogP contribution is 2.31. The van der Waals surface area contributed by atoms with Gasteiger partial charge in [-0.3, -0.25) is 5.73 Å². The third kappa shape index (κ3) is 1.35. The molecule has 0 aromatic rings. The standard InChI is InChI=1S/C5H8N2O/c6-5(7-8)3-4-1-2-4/h4,6H,1-3H2/p+1. The van der Waals surface area contributed by atoms with Crippen LogP contribution in [-0.4, -0.2) is 5.84 Å². The third-order valence-corrected chi connectivity index (χ3v) is 1.31. The molecule has 0 aromatic heterocycles. The van der Waals surface area contributed by atoms with Gasteiger partial charge in [-0.05, 0) is 18.8 Å². The monoisotopic (exact) mass is 113 g/mol. The molecule has 1 rings (SSSR count). The van der Waals surface area contributed by atoms with Crippen molar-refractivity contribution in [2.24, 2.45) is 11.7 Å². The second kappa shape index (κ2) is 1.97. The summed E-state index contributed by atoms with van der Waals surface area (Å²) in [6, 6.07) is 0. The first-order chi connectivity index (χ1) is 3.83. The molecule has 1 saturated carbocycles. The van der Waals surface area contributed by atoms with Crippen LogP contribution in [0.1, 0.15) is 19.3 Å². The molecule has 1 aliphatic rings. The van der Waals surface area contributed by atoms with Crippen molar-refractivity contribution >= 4 is 5.84 Å². The van der Waals surface area contributed by atoms with Crippen molar-refractivity contribution in [3.63, 3.8) is 0 Å². The second-order valence-corrected chi connectivity index (χ2v) is 2.23. The van der Waals surface area contributed by atoms with Crippen molar-refractivity contribution in [2.75, 3.05) is 0 Å². The SMILES string of the molecule is NC(CC1CC1)=[N+]=O. The summed E-state index contributed by atoms with van der Waals surface area (Å²) in [5, 5.41) is 0. The van der Waals surface area contributed by atoms with Gasteiger partial charge >= 0.3 is 5.84 Å². The molecule has 3 heteroatoms. The van der Waals surface area contributed by atoms with Gasteiger partial charge in [-0.2, -0.15) is 0 Å². The maximum Gasteiger partial charge on any atom is 0.399 e. The average molecular weight is 113 g/mol. The molecule has 8 heavy (non-hydrogen) atoms. The lowest BCUT2D eigenvalue weighted by Crippen LogP contribution is -2.14. The van der Waals surface area contributed by atoms with Crippen LogP contribution in [-0.2, 0) is 0 Å². The van der Waals surface area contributed by atoms with Crippen LogP contribution in [0.25, 0.3) is 0 Å². The molecule has 44 valence electrons. The van der Waals surface area contributed by atoms with E-state index >= 15 is 0 Å².